The first-order valence-corrected chi connectivity index (χ1v) is 25.2. The van der Waals surface area contributed by atoms with Crippen molar-refractivity contribution in [2.45, 2.75) is 57.4 Å². The molecule has 14 nitrogen and oxygen atoms in total. The standard InChI is InChI=1S/C45H52BrClFN10O4P/c1-5-27-23-37(53-45-51-26-32(46)43(55-45)52-36-8-7-35-41(50-14-13-49-35)42(36)63(3,4)61)39(62-2)25-38(27)58-16-11-29(12-17-58)57-20-18-56(19-21-57)15-10-28-22-34(48)31(24-33(28)47)30-6-9-40(59)54-44(30)60/h7-8,13-14,22-26,29-30H,5-6,9-12,15-21H2,1-4H3,(H,54,59,60)(H2,51,52,53,55). The second-order valence-corrected chi connectivity index (χ2v) is 21.1. The fourth-order valence-electron chi connectivity index (χ4n) is 9.04. The van der Waals surface area contributed by atoms with Crippen LogP contribution >= 0.6 is 34.7 Å². The monoisotopic (exact) mass is 960 g/mol. The van der Waals surface area contributed by atoms with Crippen LogP contribution in [0.3, 0.4) is 0 Å². The van der Waals surface area contributed by atoms with Crippen LogP contribution in [0.5, 0.6) is 5.75 Å². The van der Waals surface area contributed by atoms with Gasteiger partial charge >= 0.3 is 0 Å². The van der Waals surface area contributed by atoms with Crippen LogP contribution in [0.2, 0.25) is 5.02 Å². The van der Waals surface area contributed by atoms with E-state index in [2.05, 4.69) is 80.6 Å². The average molecular weight is 962 g/mol. The molecule has 2 aromatic heterocycles. The number of hydrogen-bond donors (Lipinski definition) is 3. The normalized spacial score (nSPS) is 18.1. The van der Waals surface area contributed by atoms with Crippen molar-refractivity contribution in [2.24, 2.45) is 0 Å². The second kappa shape index (κ2) is 19.2. The summed E-state index contributed by atoms with van der Waals surface area (Å²) in [5, 5.41) is 10.1. The molecule has 63 heavy (non-hydrogen) atoms. The Morgan fingerprint density at radius 3 is 2.43 bits per heavy atom. The van der Waals surface area contributed by atoms with Gasteiger partial charge in [0.15, 0.2) is 0 Å². The summed E-state index contributed by atoms with van der Waals surface area (Å²) in [6, 6.07) is 11.5. The lowest BCUT2D eigenvalue weighted by Gasteiger charge is -2.43. The third-order valence-electron chi connectivity index (χ3n) is 12.4. The van der Waals surface area contributed by atoms with E-state index in [1.54, 1.807) is 45.1 Å². The average Bonchev–Trinajstić information content (AvgIpc) is 3.27. The topological polar surface area (TPSA) is 158 Å². The minimum atomic E-state index is -2.78. The number of carbonyl (C=O) groups is 2. The summed E-state index contributed by atoms with van der Waals surface area (Å²) in [4.78, 5) is 49.7. The van der Waals surface area contributed by atoms with Crippen LogP contribution in [-0.2, 0) is 27.0 Å². The van der Waals surface area contributed by atoms with Crippen LogP contribution in [0.4, 0.5) is 33.2 Å². The summed E-state index contributed by atoms with van der Waals surface area (Å²) in [6.45, 7) is 12.0. The van der Waals surface area contributed by atoms with E-state index in [0.717, 1.165) is 82.0 Å². The van der Waals surface area contributed by atoms with E-state index in [0.29, 0.717) is 61.5 Å². The van der Waals surface area contributed by atoms with Gasteiger partial charge in [0.2, 0.25) is 17.8 Å². The molecule has 1 unspecified atom stereocenters. The Kier molecular flexibility index (Phi) is 13.6. The van der Waals surface area contributed by atoms with E-state index in [1.807, 2.05) is 12.1 Å². The number of benzene rings is 3. The van der Waals surface area contributed by atoms with Crippen LogP contribution in [0.25, 0.3) is 11.0 Å². The van der Waals surface area contributed by atoms with Crippen molar-refractivity contribution in [3.8, 4) is 5.75 Å². The second-order valence-electron chi connectivity index (χ2n) is 16.7. The molecule has 1 atom stereocenters. The Balaban J connectivity index is 0.869. The maximum atomic E-state index is 15.2. The first kappa shape index (κ1) is 44.9. The minimum absolute atomic E-state index is 0.187. The summed E-state index contributed by atoms with van der Waals surface area (Å²) >= 11 is 10.2. The highest BCUT2D eigenvalue weighted by molar-refractivity contribution is 9.10. The third kappa shape index (κ3) is 10.00. The number of piperazine rings is 1. The fourth-order valence-corrected chi connectivity index (χ4v) is 11.0. The number of anilines is 5. The van der Waals surface area contributed by atoms with Crippen molar-refractivity contribution in [2.75, 3.05) is 81.8 Å². The molecule has 3 aromatic carbocycles. The molecule has 2 amide bonds. The van der Waals surface area contributed by atoms with Crippen LogP contribution in [0, 0.1) is 5.82 Å². The minimum Gasteiger partial charge on any atom is -0.494 e. The van der Waals surface area contributed by atoms with Gasteiger partial charge in [-0.25, -0.2) is 9.37 Å². The number of piperidine rings is 2. The Morgan fingerprint density at radius 2 is 1.71 bits per heavy atom. The third-order valence-corrected chi connectivity index (χ3v) is 14.8. The number of hydrogen-bond acceptors (Lipinski definition) is 13. The summed E-state index contributed by atoms with van der Waals surface area (Å²) < 4.78 is 35.3. The Labute approximate surface area is 380 Å². The van der Waals surface area contributed by atoms with E-state index in [9.17, 15) is 14.2 Å². The highest BCUT2D eigenvalue weighted by Crippen LogP contribution is 2.42. The molecule has 0 aliphatic carbocycles. The molecule has 3 aliphatic rings. The summed E-state index contributed by atoms with van der Waals surface area (Å²) in [6.07, 6.45) is 8.92. The van der Waals surface area contributed by atoms with Gasteiger partial charge < -0.3 is 29.7 Å². The molecule has 3 fully saturated rings. The van der Waals surface area contributed by atoms with Crippen LogP contribution < -0.4 is 30.9 Å². The summed E-state index contributed by atoms with van der Waals surface area (Å²) in [5.74, 6) is -0.409. The highest BCUT2D eigenvalue weighted by atomic mass is 79.9. The van der Waals surface area contributed by atoms with Crippen molar-refractivity contribution >= 4 is 91.7 Å². The van der Waals surface area contributed by atoms with E-state index in [1.165, 1.54) is 11.6 Å². The molecule has 0 radical (unpaired) electrons. The van der Waals surface area contributed by atoms with Crippen LogP contribution in [-0.4, -0.2) is 114 Å². The number of imide groups is 1. The summed E-state index contributed by atoms with van der Waals surface area (Å²) in [7, 11) is -1.11. The number of nitrogens with zero attached hydrogens (tertiary/aromatic N) is 7. The van der Waals surface area contributed by atoms with E-state index in [-0.39, 0.29) is 24.3 Å². The van der Waals surface area contributed by atoms with E-state index < -0.39 is 24.8 Å². The molecule has 0 spiro atoms. The molecular formula is C45H52BrClFN10O4P. The number of halogens is 3. The smallest absolute Gasteiger partial charge is 0.234 e. The lowest BCUT2D eigenvalue weighted by Crippen LogP contribution is -2.53. The number of amides is 2. The predicted molar refractivity (Wildman–Crippen MR) is 251 cm³/mol. The van der Waals surface area contributed by atoms with Gasteiger partial charge in [0, 0.05) is 99.2 Å². The number of nitrogens with one attached hydrogen (secondary N) is 3. The Hall–Kier alpha value is -4.73. The quantitative estimate of drug-likeness (QED) is 0.0783. The maximum absolute atomic E-state index is 15.2. The molecule has 5 heterocycles. The number of fused-ring (bicyclic) bond motifs is 1. The molecule has 0 saturated carbocycles. The zero-order valence-electron chi connectivity index (χ0n) is 35.9. The predicted octanol–water partition coefficient (Wildman–Crippen LogP) is 7.63. The van der Waals surface area contributed by atoms with Gasteiger partial charge in [-0.3, -0.25) is 29.8 Å². The lowest BCUT2D eigenvalue weighted by atomic mass is 9.89. The van der Waals surface area contributed by atoms with Crippen molar-refractivity contribution < 1.29 is 23.3 Å². The van der Waals surface area contributed by atoms with Gasteiger partial charge in [0.1, 0.15) is 30.0 Å². The molecule has 5 aromatic rings. The molecule has 8 rings (SSSR count). The molecule has 18 heteroatoms. The molecular weight excluding hydrogens is 910 g/mol. The Morgan fingerprint density at radius 1 is 0.952 bits per heavy atom. The molecule has 332 valence electrons. The number of rotatable bonds is 13. The number of ether oxygens (including phenoxy) is 1. The lowest BCUT2D eigenvalue weighted by molar-refractivity contribution is -0.134. The van der Waals surface area contributed by atoms with E-state index >= 15 is 4.39 Å². The van der Waals surface area contributed by atoms with Crippen LogP contribution in [0.1, 0.15) is 55.2 Å². The first-order valence-electron chi connectivity index (χ1n) is 21.4. The van der Waals surface area contributed by atoms with Gasteiger partial charge in [0.05, 0.1) is 39.7 Å². The first-order chi connectivity index (χ1) is 30.3. The molecule has 0 bridgehead atoms. The van der Waals surface area contributed by atoms with Gasteiger partial charge in [0.25, 0.3) is 0 Å². The van der Waals surface area contributed by atoms with Crippen molar-refractivity contribution in [3.05, 3.63) is 87.0 Å². The largest absolute Gasteiger partial charge is 0.494 e. The number of aromatic nitrogens is 4. The molecule has 3 saturated heterocycles. The number of methoxy groups -OCH3 is 1. The summed E-state index contributed by atoms with van der Waals surface area (Å²) in [5.41, 5.74) is 5.98. The van der Waals surface area contributed by atoms with Crippen molar-refractivity contribution in [3.63, 3.8) is 0 Å². The molecule has 3 aliphatic heterocycles. The van der Waals surface area contributed by atoms with Gasteiger partial charge in [-0.05, 0) is 103 Å². The molecule has 3 N–H and O–H groups in total. The van der Waals surface area contributed by atoms with Crippen LogP contribution in [0.15, 0.2) is 59.5 Å². The number of carbonyl (C=O) groups excluding carboxylic acids is 2. The van der Waals surface area contributed by atoms with Crippen molar-refractivity contribution in [1.29, 1.82) is 0 Å². The van der Waals surface area contributed by atoms with E-state index in [4.69, 9.17) is 21.3 Å². The Bertz CT molecular complexity index is 2580. The zero-order valence-corrected chi connectivity index (χ0v) is 39.1. The number of aryl methyl sites for hydroxylation is 1. The fraction of sp³-hybridized carbons (Fsp3) is 0.422. The maximum Gasteiger partial charge on any atom is 0.234 e. The SMILES string of the molecule is CCc1cc(Nc2ncc(Br)c(Nc3ccc4nccnc4c3P(C)(C)=O)n2)c(OC)cc1N1CCC(N2CCN(CCc3cc(F)c(C4CCC(=O)NC4=O)cc3Cl)CC2)CC1. The van der Waals surface area contributed by atoms with Gasteiger partial charge in [-0.15, -0.1) is 0 Å². The van der Waals surface area contributed by atoms with Gasteiger partial charge in [-0.2, -0.15) is 4.98 Å². The van der Waals surface area contributed by atoms with Crippen molar-refractivity contribution in [1.82, 2.24) is 35.1 Å². The zero-order chi connectivity index (χ0) is 44.4. The highest BCUT2D eigenvalue weighted by Gasteiger charge is 2.32. The van der Waals surface area contributed by atoms with Gasteiger partial charge in [-0.1, -0.05) is 18.5 Å².